The lowest BCUT2D eigenvalue weighted by Gasteiger charge is -2.05. The molecule has 0 aliphatic rings. The molecular formula is C8H12N5O2+. The van der Waals surface area contributed by atoms with Crippen LogP contribution in [0, 0.1) is 0 Å². The van der Waals surface area contributed by atoms with Crippen molar-refractivity contribution in [3.63, 3.8) is 0 Å². The van der Waals surface area contributed by atoms with Crippen molar-refractivity contribution in [3.05, 3.63) is 12.7 Å². The molecule has 15 heavy (non-hydrogen) atoms. The molecule has 80 valence electrons. The van der Waals surface area contributed by atoms with Gasteiger partial charge in [-0.25, -0.2) is 4.57 Å². The second kappa shape index (κ2) is 3.79. The number of aromatic nitrogens is 4. The van der Waals surface area contributed by atoms with Crippen LogP contribution in [0.3, 0.4) is 0 Å². The van der Waals surface area contributed by atoms with Crippen molar-refractivity contribution in [2.75, 3.05) is 12.3 Å². The molecule has 0 amide bonds. The highest BCUT2D eigenvalue weighted by molar-refractivity contribution is 5.77. The maximum atomic E-state index is 9.31. The van der Waals surface area contributed by atoms with Gasteiger partial charge in [0.1, 0.15) is 6.10 Å². The normalized spacial score (nSPS) is 13.2. The number of imidazole rings is 1. The van der Waals surface area contributed by atoms with Crippen molar-refractivity contribution in [1.29, 1.82) is 0 Å². The van der Waals surface area contributed by atoms with Gasteiger partial charge in [0.15, 0.2) is 11.8 Å². The number of nitrogens with two attached hydrogens (primary N) is 1. The van der Waals surface area contributed by atoms with Gasteiger partial charge in [0.2, 0.25) is 12.1 Å². The highest BCUT2D eigenvalue weighted by Crippen LogP contribution is 2.08. The highest BCUT2D eigenvalue weighted by atomic mass is 16.3. The summed E-state index contributed by atoms with van der Waals surface area (Å²) in [4.78, 5) is 10.9. The maximum absolute atomic E-state index is 9.31. The third-order valence-corrected chi connectivity index (χ3v) is 2.10. The maximum Gasteiger partial charge on any atom is 0.293 e. The summed E-state index contributed by atoms with van der Waals surface area (Å²) in [5.41, 5.74) is 6.86. The van der Waals surface area contributed by atoms with Crippen LogP contribution in [0.1, 0.15) is 0 Å². The standard InChI is InChI=1S/C8H11N5O2/c9-7-6-8(11-3-10-6)13(4-12-7)1-5(15)2-14/h3-5,14-15H,1-2H2,(H2,9,10,11)/p+1/t5-/m0/s1. The monoisotopic (exact) mass is 210 g/mol. The number of fused-ring (bicyclic) bond motifs is 1. The number of anilines is 1. The van der Waals surface area contributed by atoms with Crippen LogP contribution in [0.4, 0.5) is 5.82 Å². The van der Waals surface area contributed by atoms with E-state index in [1.807, 2.05) is 0 Å². The Kier molecular flexibility index (Phi) is 2.48. The zero-order valence-corrected chi connectivity index (χ0v) is 7.96. The van der Waals surface area contributed by atoms with Crippen molar-refractivity contribution < 1.29 is 14.8 Å². The Balaban J connectivity index is 2.43. The second-order valence-corrected chi connectivity index (χ2v) is 3.22. The second-order valence-electron chi connectivity index (χ2n) is 3.22. The van der Waals surface area contributed by atoms with E-state index in [1.165, 1.54) is 12.7 Å². The molecule has 0 aromatic carbocycles. The van der Waals surface area contributed by atoms with Crippen LogP contribution in [-0.2, 0) is 6.54 Å². The zero-order valence-electron chi connectivity index (χ0n) is 7.96. The highest BCUT2D eigenvalue weighted by Gasteiger charge is 2.16. The van der Waals surface area contributed by atoms with Gasteiger partial charge in [-0.1, -0.05) is 9.97 Å². The van der Waals surface area contributed by atoms with Gasteiger partial charge in [0, 0.05) is 0 Å². The largest absolute Gasteiger partial charge is 0.394 e. The Morgan fingerprint density at radius 1 is 1.53 bits per heavy atom. The van der Waals surface area contributed by atoms with E-state index >= 15 is 0 Å². The fourth-order valence-electron chi connectivity index (χ4n) is 1.36. The van der Waals surface area contributed by atoms with E-state index in [0.29, 0.717) is 17.0 Å². The zero-order chi connectivity index (χ0) is 10.8. The topological polar surface area (TPSA) is 112 Å². The number of hydrogen-bond donors (Lipinski definition) is 4. The number of aromatic amines is 1. The molecule has 5 N–H and O–H groups in total. The molecule has 7 heteroatoms. The molecule has 2 aromatic heterocycles. The van der Waals surface area contributed by atoms with E-state index in [0.717, 1.165) is 0 Å². The van der Waals surface area contributed by atoms with Gasteiger partial charge in [-0.15, -0.1) is 0 Å². The SMILES string of the molecule is Nc1nc[n+](C[C@H](O)CO)c2nc[nH]c12. The minimum Gasteiger partial charge on any atom is -0.394 e. The number of nitrogens with one attached hydrogen (secondary N) is 1. The molecule has 0 radical (unpaired) electrons. The van der Waals surface area contributed by atoms with E-state index in [-0.39, 0.29) is 13.2 Å². The average Bonchev–Trinajstić information content (AvgIpc) is 2.71. The van der Waals surface area contributed by atoms with Gasteiger partial charge in [-0.05, 0) is 0 Å². The molecule has 2 heterocycles. The molecule has 0 fully saturated rings. The first-order valence-electron chi connectivity index (χ1n) is 4.48. The summed E-state index contributed by atoms with van der Waals surface area (Å²) >= 11 is 0. The molecule has 0 saturated carbocycles. The Hall–Kier alpha value is -1.73. The third-order valence-electron chi connectivity index (χ3n) is 2.10. The summed E-state index contributed by atoms with van der Waals surface area (Å²) in [6, 6.07) is 0. The van der Waals surface area contributed by atoms with Crippen molar-refractivity contribution in [3.8, 4) is 0 Å². The number of hydrogen-bond acceptors (Lipinski definition) is 5. The van der Waals surface area contributed by atoms with Gasteiger partial charge in [0.25, 0.3) is 5.65 Å². The number of nitrogen functional groups attached to an aromatic ring is 1. The van der Waals surface area contributed by atoms with Crippen LogP contribution in [-0.4, -0.2) is 37.9 Å². The fraction of sp³-hybridized carbons (Fsp3) is 0.375. The number of H-pyrrole nitrogens is 1. The lowest BCUT2D eigenvalue weighted by atomic mass is 10.3. The van der Waals surface area contributed by atoms with Crippen LogP contribution in [0.2, 0.25) is 0 Å². The van der Waals surface area contributed by atoms with Crippen molar-refractivity contribution in [2.45, 2.75) is 12.6 Å². The Morgan fingerprint density at radius 3 is 3.07 bits per heavy atom. The van der Waals surface area contributed by atoms with Crippen LogP contribution in [0.25, 0.3) is 11.2 Å². The molecule has 0 bridgehead atoms. The summed E-state index contributed by atoms with van der Waals surface area (Å²) in [5, 5.41) is 18.0. The van der Waals surface area contributed by atoms with Crippen LogP contribution in [0.5, 0.6) is 0 Å². The van der Waals surface area contributed by atoms with E-state index in [9.17, 15) is 5.11 Å². The molecular weight excluding hydrogens is 198 g/mol. The molecule has 2 aromatic rings. The van der Waals surface area contributed by atoms with E-state index in [2.05, 4.69) is 15.0 Å². The van der Waals surface area contributed by atoms with Gasteiger partial charge in [0.05, 0.1) is 13.2 Å². The molecule has 0 aliphatic heterocycles. The van der Waals surface area contributed by atoms with Crippen molar-refractivity contribution in [1.82, 2.24) is 15.0 Å². The number of aliphatic hydroxyl groups is 2. The molecule has 0 aliphatic carbocycles. The summed E-state index contributed by atoms with van der Waals surface area (Å²) in [6.07, 6.45) is 2.15. The smallest absolute Gasteiger partial charge is 0.293 e. The summed E-state index contributed by atoms with van der Waals surface area (Å²) < 4.78 is 1.63. The predicted molar refractivity (Wildman–Crippen MR) is 51.6 cm³/mol. The lowest BCUT2D eigenvalue weighted by molar-refractivity contribution is -0.683. The van der Waals surface area contributed by atoms with E-state index < -0.39 is 6.10 Å². The first kappa shape index (κ1) is 9.81. The predicted octanol–water partition coefficient (Wildman–Crippen LogP) is -1.82. The van der Waals surface area contributed by atoms with Crippen molar-refractivity contribution in [2.24, 2.45) is 0 Å². The first-order valence-corrected chi connectivity index (χ1v) is 4.48. The molecule has 0 unspecified atom stereocenters. The molecule has 1 atom stereocenters. The Morgan fingerprint density at radius 2 is 2.33 bits per heavy atom. The van der Waals surface area contributed by atoms with E-state index in [4.69, 9.17) is 10.8 Å². The number of nitrogens with zero attached hydrogens (tertiary/aromatic N) is 3. The van der Waals surface area contributed by atoms with Gasteiger partial charge in [-0.2, -0.15) is 0 Å². The average molecular weight is 210 g/mol. The summed E-state index contributed by atoms with van der Waals surface area (Å²) in [6.45, 7) is -0.0750. The van der Waals surface area contributed by atoms with Crippen LogP contribution in [0.15, 0.2) is 12.7 Å². The number of rotatable bonds is 3. The summed E-state index contributed by atoms with van der Waals surface area (Å²) in [7, 11) is 0. The minimum absolute atomic E-state index is 0.227. The van der Waals surface area contributed by atoms with Gasteiger partial charge in [-0.3, -0.25) is 0 Å². The quantitative estimate of drug-likeness (QED) is 0.446. The minimum atomic E-state index is -0.833. The molecule has 0 saturated heterocycles. The van der Waals surface area contributed by atoms with Gasteiger partial charge < -0.3 is 20.9 Å². The lowest BCUT2D eigenvalue weighted by Crippen LogP contribution is -2.42. The summed E-state index contributed by atoms with van der Waals surface area (Å²) in [5.74, 6) is 0.359. The first-order chi connectivity index (χ1) is 7.22. The van der Waals surface area contributed by atoms with Crippen LogP contribution < -0.4 is 10.3 Å². The molecule has 0 spiro atoms. The Labute approximate surface area is 85.2 Å². The molecule has 7 nitrogen and oxygen atoms in total. The van der Waals surface area contributed by atoms with Crippen molar-refractivity contribution >= 4 is 17.0 Å². The van der Waals surface area contributed by atoms with E-state index in [1.54, 1.807) is 4.57 Å². The third kappa shape index (κ3) is 1.74. The Bertz CT molecular complexity index is 469. The fourth-order valence-corrected chi connectivity index (χ4v) is 1.36. The van der Waals surface area contributed by atoms with Crippen LogP contribution >= 0.6 is 0 Å². The van der Waals surface area contributed by atoms with Gasteiger partial charge >= 0.3 is 0 Å². The molecule has 2 rings (SSSR count). The number of aliphatic hydroxyl groups excluding tert-OH is 2.